The van der Waals surface area contributed by atoms with Crippen molar-refractivity contribution >= 4 is 5.91 Å². The minimum Gasteiger partial charge on any atom is -0.376 e. The van der Waals surface area contributed by atoms with Crippen molar-refractivity contribution in [2.45, 2.75) is 51.7 Å². The van der Waals surface area contributed by atoms with Crippen molar-refractivity contribution in [2.24, 2.45) is 0 Å². The first-order valence-electron chi connectivity index (χ1n) is 6.29. The number of nitrogens with zero attached hydrogens (tertiary/aromatic N) is 2. The lowest BCUT2D eigenvalue weighted by Gasteiger charge is -2.28. The summed E-state index contributed by atoms with van der Waals surface area (Å²) in [5.74, 6) is 0.890. The molecule has 1 aliphatic rings. The molecular weight excluding hydrogens is 232 g/mol. The molecule has 2 N–H and O–H groups in total. The zero-order valence-corrected chi connectivity index (χ0v) is 11.3. The molecule has 6 heteroatoms. The van der Waals surface area contributed by atoms with Crippen molar-refractivity contribution in [2.75, 3.05) is 6.61 Å². The average Bonchev–Trinajstić information content (AvgIpc) is 2.87. The first-order chi connectivity index (χ1) is 8.42. The predicted octanol–water partition coefficient (Wildman–Crippen LogP) is 1.23. The summed E-state index contributed by atoms with van der Waals surface area (Å²) in [5, 5.41) is 9.69. The Bertz CT molecular complexity index is 443. The van der Waals surface area contributed by atoms with E-state index in [-0.39, 0.29) is 29.3 Å². The van der Waals surface area contributed by atoms with Gasteiger partial charge in [0, 0.05) is 12.5 Å². The summed E-state index contributed by atoms with van der Waals surface area (Å²) in [7, 11) is 0. The number of hydrogen-bond donors (Lipinski definition) is 2. The molecule has 2 rings (SSSR count). The fraction of sp³-hybridized carbons (Fsp3) is 0.750. The second-order valence-electron chi connectivity index (χ2n) is 5.33. The molecule has 2 heterocycles. The summed E-state index contributed by atoms with van der Waals surface area (Å²) in [6.07, 6.45) is 0.812. The van der Waals surface area contributed by atoms with E-state index >= 15 is 0 Å². The summed E-state index contributed by atoms with van der Waals surface area (Å²) in [5.41, 5.74) is -0.338. The van der Waals surface area contributed by atoms with Crippen molar-refractivity contribution in [1.29, 1.82) is 0 Å². The molecule has 1 aromatic rings. The molecule has 1 saturated heterocycles. The number of carbonyl (C=O) groups excluding carboxylic acids is 1. The maximum atomic E-state index is 12.1. The van der Waals surface area contributed by atoms with Crippen LogP contribution in [0.3, 0.4) is 0 Å². The van der Waals surface area contributed by atoms with Gasteiger partial charge in [0.15, 0.2) is 0 Å². The Balaban J connectivity index is 2.07. The van der Waals surface area contributed by atoms with Gasteiger partial charge in [-0.15, -0.1) is 5.10 Å². The van der Waals surface area contributed by atoms with Gasteiger partial charge in [0.1, 0.15) is 5.82 Å². The molecule has 18 heavy (non-hydrogen) atoms. The summed E-state index contributed by atoms with van der Waals surface area (Å²) in [4.78, 5) is 16.3. The summed E-state index contributed by atoms with van der Waals surface area (Å²) in [6.45, 7) is 8.61. The second-order valence-corrected chi connectivity index (χ2v) is 5.33. The minimum atomic E-state index is -0.338. The monoisotopic (exact) mass is 252 g/mol. The number of hydrogen-bond acceptors (Lipinski definition) is 4. The molecule has 0 aromatic carbocycles. The fourth-order valence-electron chi connectivity index (χ4n) is 1.95. The molecule has 1 aliphatic heterocycles. The molecule has 100 valence electrons. The van der Waals surface area contributed by atoms with E-state index in [0.29, 0.717) is 6.61 Å². The molecule has 1 amide bonds. The number of H-pyrrole nitrogens is 1. The topological polar surface area (TPSA) is 79.9 Å². The Kier molecular flexibility index (Phi) is 3.38. The highest BCUT2D eigenvalue weighted by atomic mass is 16.5. The first kappa shape index (κ1) is 13.0. The minimum absolute atomic E-state index is 0.00459. The Morgan fingerprint density at radius 2 is 2.33 bits per heavy atom. The van der Waals surface area contributed by atoms with Crippen LogP contribution < -0.4 is 5.32 Å². The molecule has 0 aliphatic carbocycles. The van der Waals surface area contributed by atoms with E-state index in [2.05, 4.69) is 20.5 Å². The van der Waals surface area contributed by atoms with E-state index < -0.39 is 0 Å². The highest BCUT2D eigenvalue weighted by Crippen LogP contribution is 2.25. The van der Waals surface area contributed by atoms with Crippen molar-refractivity contribution in [3.05, 3.63) is 11.6 Å². The molecule has 6 nitrogen and oxygen atoms in total. The third kappa shape index (κ3) is 2.38. The highest BCUT2D eigenvalue weighted by Gasteiger charge is 2.39. The average molecular weight is 252 g/mol. The Morgan fingerprint density at radius 3 is 2.83 bits per heavy atom. The van der Waals surface area contributed by atoms with E-state index in [1.165, 1.54) is 0 Å². The third-order valence-corrected chi connectivity index (χ3v) is 3.54. The van der Waals surface area contributed by atoms with Crippen LogP contribution >= 0.6 is 0 Å². The molecule has 0 bridgehead atoms. The molecule has 1 aromatic heterocycles. The van der Waals surface area contributed by atoms with E-state index in [1.54, 1.807) is 0 Å². The predicted molar refractivity (Wildman–Crippen MR) is 66.4 cm³/mol. The lowest BCUT2D eigenvalue weighted by atomic mass is 9.94. The zero-order valence-electron chi connectivity index (χ0n) is 11.3. The molecule has 0 radical (unpaired) electrons. The van der Waals surface area contributed by atoms with E-state index in [1.807, 2.05) is 27.7 Å². The van der Waals surface area contributed by atoms with Crippen LogP contribution in [0.5, 0.6) is 0 Å². The van der Waals surface area contributed by atoms with Gasteiger partial charge in [0.05, 0.1) is 11.6 Å². The van der Waals surface area contributed by atoms with Crippen LogP contribution in [-0.2, 0) is 4.74 Å². The molecule has 0 spiro atoms. The Hall–Kier alpha value is -1.43. The van der Waals surface area contributed by atoms with Crippen molar-refractivity contribution < 1.29 is 9.53 Å². The van der Waals surface area contributed by atoms with Crippen LogP contribution in [-0.4, -0.2) is 39.3 Å². The number of aromatic nitrogens is 3. The quantitative estimate of drug-likeness (QED) is 0.847. The van der Waals surface area contributed by atoms with Gasteiger partial charge in [-0.25, -0.2) is 4.98 Å². The van der Waals surface area contributed by atoms with Crippen molar-refractivity contribution in [1.82, 2.24) is 20.5 Å². The number of amides is 1. The van der Waals surface area contributed by atoms with E-state index in [4.69, 9.17) is 4.74 Å². The fourth-order valence-corrected chi connectivity index (χ4v) is 1.95. The van der Waals surface area contributed by atoms with Crippen LogP contribution in [0.25, 0.3) is 0 Å². The van der Waals surface area contributed by atoms with Gasteiger partial charge >= 0.3 is 0 Å². The van der Waals surface area contributed by atoms with Gasteiger partial charge in [-0.2, -0.15) is 0 Å². The summed E-state index contributed by atoms with van der Waals surface area (Å²) in [6, 6.07) is 0. The number of ether oxygens (including phenoxy) is 1. The first-order valence-corrected chi connectivity index (χ1v) is 6.29. The standard InChI is InChI=1S/C12H20N4O2/c1-7(2)9-13-10(16-15-9)11(17)14-12(4)5-6-18-8(12)3/h7-8H,5-6H2,1-4H3,(H,14,17)(H,13,15,16). The van der Waals surface area contributed by atoms with Gasteiger partial charge in [-0.3, -0.25) is 9.89 Å². The van der Waals surface area contributed by atoms with Crippen LogP contribution in [0.1, 0.15) is 56.5 Å². The van der Waals surface area contributed by atoms with Crippen LogP contribution in [0.15, 0.2) is 0 Å². The normalized spacial score (nSPS) is 27.7. The molecule has 2 atom stereocenters. The van der Waals surface area contributed by atoms with Crippen molar-refractivity contribution in [3.8, 4) is 0 Å². The Labute approximate surface area is 107 Å². The highest BCUT2D eigenvalue weighted by molar-refractivity contribution is 5.91. The maximum Gasteiger partial charge on any atom is 0.291 e. The van der Waals surface area contributed by atoms with Gasteiger partial charge in [0.25, 0.3) is 5.91 Å². The lowest BCUT2D eigenvalue weighted by Crippen LogP contribution is -2.50. The summed E-state index contributed by atoms with van der Waals surface area (Å²) >= 11 is 0. The second kappa shape index (κ2) is 4.68. The largest absolute Gasteiger partial charge is 0.376 e. The number of aromatic amines is 1. The van der Waals surface area contributed by atoms with Crippen molar-refractivity contribution in [3.63, 3.8) is 0 Å². The zero-order chi connectivity index (χ0) is 13.3. The van der Waals surface area contributed by atoms with Gasteiger partial charge in [-0.1, -0.05) is 13.8 Å². The Morgan fingerprint density at radius 1 is 1.61 bits per heavy atom. The molecular formula is C12H20N4O2. The smallest absolute Gasteiger partial charge is 0.291 e. The molecule has 0 saturated carbocycles. The number of rotatable bonds is 3. The lowest BCUT2D eigenvalue weighted by molar-refractivity contribution is 0.0720. The number of nitrogens with one attached hydrogen (secondary N) is 2. The molecule has 2 unspecified atom stereocenters. The van der Waals surface area contributed by atoms with E-state index in [9.17, 15) is 4.79 Å². The SMILES string of the molecule is CC(C)c1nc(C(=O)NC2(C)CCOC2C)n[nH]1. The van der Waals surface area contributed by atoms with Crippen LogP contribution in [0.4, 0.5) is 0 Å². The number of carbonyl (C=O) groups is 1. The van der Waals surface area contributed by atoms with Gasteiger partial charge < -0.3 is 10.1 Å². The van der Waals surface area contributed by atoms with Gasteiger partial charge in [-0.05, 0) is 20.3 Å². The van der Waals surface area contributed by atoms with E-state index in [0.717, 1.165) is 12.2 Å². The third-order valence-electron chi connectivity index (χ3n) is 3.54. The van der Waals surface area contributed by atoms with Crippen LogP contribution in [0, 0.1) is 0 Å². The summed E-state index contributed by atoms with van der Waals surface area (Å²) < 4.78 is 5.49. The maximum absolute atomic E-state index is 12.1. The molecule has 1 fully saturated rings. The van der Waals surface area contributed by atoms with Gasteiger partial charge in [0.2, 0.25) is 5.82 Å². The van der Waals surface area contributed by atoms with Crippen LogP contribution in [0.2, 0.25) is 0 Å².